The molecule has 0 saturated carbocycles. The molecular weight excluding hydrogens is 476 g/mol. The minimum atomic E-state index is -0.430. The van der Waals surface area contributed by atoms with Gasteiger partial charge in [-0.1, -0.05) is 68.7 Å². The van der Waals surface area contributed by atoms with E-state index in [-0.39, 0.29) is 11.6 Å². The Balaban J connectivity index is 1.85. The molecule has 0 aliphatic carbocycles. The number of carbonyl (C=O) groups is 1. The largest absolute Gasteiger partial charge is 0.495 e. The maximum absolute atomic E-state index is 13.9. The summed E-state index contributed by atoms with van der Waals surface area (Å²) in [4.78, 5) is 34.5. The van der Waals surface area contributed by atoms with E-state index in [1.165, 1.54) is 0 Å². The Morgan fingerprint density at radius 1 is 1.00 bits per heavy atom. The number of rotatable bonds is 10. The van der Waals surface area contributed by atoms with Crippen LogP contribution < -0.4 is 15.6 Å². The van der Waals surface area contributed by atoms with Gasteiger partial charge in [0.05, 0.1) is 35.4 Å². The Bertz CT molecular complexity index is 1450. The molecule has 198 valence electrons. The summed E-state index contributed by atoms with van der Waals surface area (Å²) < 4.78 is 7.12. The van der Waals surface area contributed by atoms with E-state index >= 15 is 0 Å². The fourth-order valence-electron chi connectivity index (χ4n) is 4.73. The van der Waals surface area contributed by atoms with Gasteiger partial charge in [-0.3, -0.25) is 9.36 Å². The van der Waals surface area contributed by atoms with Gasteiger partial charge in [-0.05, 0) is 56.2 Å². The smallest absolute Gasteiger partial charge is 0.322 e. The number of carbonyl (C=O) groups excluding carboxylic acids is 1. The highest BCUT2D eigenvalue weighted by Gasteiger charge is 2.29. The summed E-state index contributed by atoms with van der Waals surface area (Å²) in [6.07, 6.45) is 3.45. The molecule has 1 atom stereocenters. The van der Waals surface area contributed by atoms with Crippen molar-refractivity contribution >= 4 is 22.6 Å². The molecule has 3 aromatic carbocycles. The number of nitrogens with one attached hydrogen (secondary N) is 1. The van der Waals surface area contributed by atoms with E-state index in [1.807, 2.05) is 85.5 Å². The lowest BCUT2D eigenvalue weighted by molar-refractivity contribution is 0.179. The molecule has 1 aromatic heterocycles. The Labute approximate surface area is 224 Å². The molecule has 38 heavy (non-hydrogen) atoms. The molecule has 0 aliphatic rings. The number of anilines is 1. The lowest BCUT2D eigenvalue weighted by atomic mass is 10.1. The van der Waals surface area contributed by atoms with Crippen LogP contribution in [-0.2, 0) is 0 Å². The number of aryl methyl sites for hydroxylation is 1. The lowest BCUT2D eigenvalue weighted by Crippen LogP contribution is -2.41. The molecule has 0 bridgehead atoms. The summed E-state index contributed by atoms with van der Waals surface area (Å²) >= 11 is 0. The number of methoxy groups -OCH3 is 1. The van der Waals surface area contributed by atoms with E-state index in [9.17, 15) is 9.59 Å². The number of hydrogen-bond donors (Lipinski definition) is 1. The zero-order valence-electron chi connectivity index (χ0n) is 22.6. The monoisotopic (exact) mass is 512 g/mol. The van der Waals surface area contributed by atoms with Crippen LogP contribution in [0.15, 0.2) is 77.6 Å². The number of fused-ring (bicyclic) bond motifs is 1. The van der Waals surface area contributed by atoms with Crippen LogP contribution in [0.3, 0.4) is 0 Å². The Morgan fingerprint density at radius 3 is 2.42 bits per heavy atom. The molecule has 1 unspecified atom stereocenters. The van der Waals surface area contributed by atoms with E-state index < -0.39 is 6.04 Å². The molecule has 7 heteroatoms. The molecule has 4 aromatic rings. The van der Waals surface area contributed by atoms with Gasteiger partial charge in [-0.2, -0.15) is 0 Å². The summed E-state index contributed by atoms with van der Waals surface area (Å²) in [6.45, 7) is 6.70. The molecular formula is C31H36N4O3. The van der Waals surface area contributed by atoms with Crippen LogP contribution in [0.5, 0.6) is 5.75 Å². The van der Waals surface area contributed by atoms with Crippen LogP contribution in [0.2, 0.25) is 0 Å². The number of unbranched alkanes of at least 4 members (excludes halogenated alkanes) is 2. The van der Waals surface area contributed by atoms with Crippen molar-refractivity contribution in [1.82, 2.24) is 14.5 Å². The first-order valence-corrected chi connectivity index (χ1v) is 13.3. The van der Waals surface area contributed by atoms with Crippen LogP contribution in [0.4, 0.5) is 10.5 Å². The van der Waals surface area contributed by atoms with Crippen molar-refractivity contribution in [2.45, 2.75) is 52.5 Å². The zero-order chi connectivity index (χ0) is 27.1. The number of para-hydroxylation sites is 3. The number of benzene rings is 3. The third-order valence-electron chi connectivity index (χ3n) is 6.77. The molecule has 7 nitrogen and oxygen atoms in total. The second-order valence-corrected chi connectivity index (χ2v) is 9.42. The number of aromatic nitrogens is 2. The molecule has 0 aliphatic heterocycles. The first-order valence-electron chi connectivity index (χ1n) is 13.3. The van der Waals surface area contributed by atoms with Crippen molar-refractivity contribution in [2.24, 2.45) is 0 Å². The van der Waals surface area contributed by atoms with Gasteiger partial charge in [0.15, 0.2) is 0 Å². The fourth-order valence-corrected chi connectivity index (χ4v) is 4.73. The van der Waals surface area contributed by atoms with Crippen LogP contribution in [0, 0.1) is 6.92 Å². The van der Waals surface area contributed by atoms with Crippen LogP contribution in [0.1, 0.15) is 57.0 Å². The van der Waals surface area contributed by atoms with E-state index in [1.54, 1.807) is 17.7 Å². The van der Waals surface area contributed by atoms with Gasteiger partial charge in [0, 0.05) is 6.54 Å². The standard InChI is InChI=1S/C31H36N4O3/c1-5-7-12-21-34(31(37)33-26-15-10-11-16-28(26)38-4)27(6-2)29-32-25-14-9-8-13-24(25)30(36)35(29)23-19-17-22(3)18-20-23/h8-11,13-20,27H,5-7,12,21H2,1-4H3,(H,33,37). The summed E-state index contributed by atoms with van der Waals surface area (Å²) in [5.74, 6) is 1.13. The van der Waals surface area contributed by atoms with E-state index in [0.29, 0.717) is 41.1 Å². The lowest BCUT2D eigenvalue weighted by Gasteiger charge is -2.32. The number of ether oxygens (including phenoxy) is 1. The second-order valence-electron chi connectivity index (χ2n) is 9.42. The third kappa shape index (κ3) is 5.72. The van der Waals surface area contributed by atoms with Crippen molar-refractivity contribution in [1.29, 1.82) is 0 Å². The van der Waals surface area contributed by atoms with Crippen molar-refractivity contribution in [3.05, 3.63) is 94.5 Å². The number of hydrogen-bond acceptors (Lipinski definition) is 4. The van der Waals surface area contributed by atoms with Crippen LogP contribution in [-0.4, -0.2) is 34.1 Å². The highest BCUT2D eigenvalue weighted by atomic mass is 16.5. The van der Waals surface area contributed by atoms with Crippen molar-refractivity contribution in [3.63, 3.8) is 0 Å². The number of nitrogens with zero attached hydrogens (tertiary/aromatic N) is 3. The van der Waals surface area contributed by atoms with Gasteiger partial charge in [0.1, 0.15) is 11.6 Å². The van der Waals surface area contributed by atoms with Gasteiger partial charge >= 0.3 is 6.03 Å². The molecule has 0 spiro atoms. The fraction of sp³-hybridized carbons (Fsp3) is 0.323. The minimum Gasteiger partial charge on any atom is -0.495 e. The highest BCUT2D eigenvalue weighted by molar-refractivity contribution is 5.91. The summed E-state index contributed by atoms with van der Waals surface area (Å²) in [5.41, 5.74) is 2.89. The van der Waals surface area contributed by atoms with Crippen molar-refractivity contribution < 1.29 is 9.53 Å². The highest BCUT2D eigenvalue weighted by Crippen LogP contribution is 2.29. The second kappa shape index (κ2) is 12.4. The Hall–Kier alpha value is -4.13. The van der Waals surface area contributed by atoms with Crippen LogP contribution in [0.25, 0.3) is 16.6 Å². The minimum absolute atomic E-state index is 0.147. The molecule has 0 fully saturated rings. The number of amides is 2. The van der Waals surface area contributed by atoms with Gasteiger partial charge in [0.25, 0.3) is 5.56 Å². The van der Waals surface area contributed by atoms with Crippen molar-refractivity contribution in [2.75, 3.05) is 19.0 Å². The molecule has 2 amide bonds. The zero-order valence-corrected chi connectivity index (χ0v) is 22.6. The predicted molar refractivity (Wildman–Crippen MR) is 153 cm³/mol. The van der Waals surface area contributed by atoms with E-state index in [2.05, 4.69) is 12.2 Å². The predicted octanol–water partition coefficient (Wildman–Crippen LogP) is 6.88. The number of urea groups is 1. The Morgan fingerprint density at radius 2 is 1.71 bits per heavy atom. The van der Waals surface area contributed by atoms with E-state index in [0.717, 1.165) is 30.5 Å². The SMILES string of the molecule is CCCCCN(C(=O)Nc1ccccc1OC)C(CC)c1nc2ccccc2c(=O)n1-c1ccc(C)cc1. The molecule has 0 radical (unpaired) electrons. The average Bonchev–Trinajstić information content (AvgIpc) is 2.94. The van der Waals surface area contributed by atoms with Gasteiger partial charge < -0.3 is 15.0 Å². The first-order chi connectivity index (χ1) is 18.5. The topological polar surface area (TPSA) is 76.5 Å². The van der Waals surface area contributed by atoms with Gasteiger partial charge in [-0.15, -0.1) is 0 Å². The molecule has 1 N–H and O–H groups in total. The summed E-state index contributed by atoms with van der Waals surface area (Å²) in [7, 11) is 1.58. The summed E-state index contributed by atoms with van der Waals surface area (Å²) in [6, 6.07) is 21.9. The third-order valence-corrected chi connectivity index (χ3v) is 6.77. The normalized spacial score (nSPS) is 11.8. The molecule has 1 heterocycles. The Kier molecular flexibility index (Phi) is 8.79. The average molecular weight is 513 g/mol. The molecule has 0 saturated heterocycles. The quantitative estimate of drug-likeness (QED) is 0.235. The van der Waals surface area contributed by atoms with Gasteiger partial charge in [0.2, 0.25) is 0 Å². The maximum atomic E-state index is 13.9. The maximum Gasteiger partial charge on any atom is 0.322 e. The molecule has 4 rings (SSSR count). The van der Waals surface area contributed by atoms with E-state index in [4.69, 9.17) is 9.72 Å². The van der Waals surface area contributed by atoms with Crippen molar-refractivity contribution in [3.8, 4) is 11.4 Å². The van der Waals surface area contributed by atoms with Crippen LogP contribution >= 0.6 is 0 Å². The van der Waals surface area contributed by atoms with Gasteiger partial charge in [-0.25, -0.2) is 9.78 Å². The summed E-state index contributed by atoms with van der Waals surface area (Å²) in [5, 5.41) is 3.58. The first kappa shape index (κ1) is 26.9.